The molecule has 2 aromatic carbocycles. The Morgan fingerprint density at radius 2 is 1.77 bits per heavy atom. The van der Waals surface area contributed by atoms with Crippen molar-refractivity contribution < 1.29 is 18.0 Å². The first-order valence-electron chi connectivity index (χ1n) is 9.84. The fraction of sp³-hybridized carbons (Fsp3) is 0.348. The van der Waals surface area contributed by atoms with E-state index >= 15 is 0 Å². The second-order valence-electron chi connectivity index (χ2n) is 8.34. The summed E-state index contributed by atoms with van der Waals surface area (Å²) in [4.78, 5) is 19.1. The molecule has 8 heteroatoms. The van der Waals surface area contributed by atoms with E-state index in [1.54, 1.807) is 6.92 Å². The number of benzene rings is 2. The number of nitrogens with zero attached hydrogens (tertiary/aromatic N) is 3. The molecule has 2 aromatic rings. The van der Waals surface area contributed by atoms with Crippen LogP contribution in [0.1, 0.15) is 47.9 Å². The Hall–Kier alpha value is -3.34. The van der Waals surface area contributed by atoms with E-state index in [4.69, 9.17) is 5.73 Å². The van der Waals surface area contributed by atoms with Crippen molar-refractivity contribution in [2.75, 3.05) is 7.05 Å². The van der Waals surface area contributed by atoms with E-state index in [2.05, 4.69) is 11.1 Å². The molecule has 4 rings (SSSR count). The number of nitrogens with two attached hydrogens (primary N) is 1. The van der Waals surface area contributed by atoms with Crippen molar-refractivity contribution in [3.05, 3.63) is 70.8 Å². The van der Waals surface area contributed by atoms with Gasteiger partial charge in [-0.1, -0.05) is 36.4 Å². The van der Waals surface area contributed by atoms with Gasteiger partial charge in [-0.2, -0.15) is 18.4 Å². The number of carbonyl (C=O) groups is 1. The summed E-state index contributed by atoms with van der Waals surface area (Å²) in [6, 6.07) is 14.3. The molecule has 0 aromatic heterocycles. The first kappa shape index (κ1) is 20.9. The van der Waals surface area contributed by atoms with Crippen LogP contribution in [-0.4, -0.2) is 23.8 Å². The molecule has 1 aliphatic heterocycles. The Balaban J connectivity index is 1.85. The summed E-state index contributed by atoms with van der Waals surface area (Å²) in [6.07, 6.45) is -2.94. The zero-order valence-corrected chi connectivity index (χ0v) is 17.1. The SMILES string of the molecule is CN1C(=O)[C@@H](c2ccc(C(F)(F)F)cc2)[C@@](C)(c2cccc(C3(C#N)CC3)c2)N=C1N. The van der Waals surface area contributed by atoms with E-state index in [1.165, 1.54) is 24.1 Å². The van der Waals surface area contributed by atoms with Crippen LogP contribution in [0.3, 0.4) is 0 Å². The van der Waals surface area contributed by atoms with E-state index in [0.717, 1.165) is 30.5 Å². The van der Waals surface area contributed by atoms with Gasteiger partial charge in [0.1, 0.15) is 5.54 Å². The molecule has 0 saturated heterocycles. The van der Waals surface area contributed by atoms with E-state index in [-0.39, 0.29) is 11.9 Å². The number of amides is 1. The monoisotopic (exact) mass is 426 g/mol. The van der Waals surface area contributed by atoms with Gasteiger partial charge in [0, 0.05) is 7.05 Å². The number of guanidine groups is 1. The number of carbonyl (C=O) groups excluding carboxylic acids is 1. The first-order chi connectivity index (χ1) is 14.5. The molecule has 1 amide bonds. The molecule has 0 spiro atoms. The Morgan fingerprint density at radius 3 is 2.32 bits per heavy atom. The normalized spacial score (nSPS) is 25.0. The van der Waals surface area contributed by atoms with Crippen LogP contribution < -0.4 is 5.73 Å². The minimum absolute atomic E-state index is 0.0301. The second-order valence-corrected chi connectivity index (χ2v) is 8.34. The molecule has 5 nitrogen and oxygen atoms in total. The third kappa shape index (κ3) is 3.34. The molecule has 1 aliphatic carbocycles. The van der Waals surface area contributed by atoms with Gasteiger partial charge in [-0.05, 0) is 48.6 Å². The maximum Gasteiger partial charge on any atom is 0.416 e. The third-order valence-electron chi connectivity index (χ3n) is 6.37. The van der Waals surface area contributed by atoms with Crippen molar-refractivity contribution in [3.8, 4) is 6.07 Å². The van der Waals surface area contributed by atoms with Gasteiger partial charge in [0.05, 0.1) is 23.0 Å². The van der Waals surface area contributed by atoms with Crippen molar-refractivity contribution in [1.82, 2.24) is 4.90 Å². The van der Waals surface area contributed by atoms with Crippen molar-refractivity contribution in [1.29, 1.82) is 5.26 Å². The lowest BCUT2D eigenvalue weighted by Gasteiger charge is -2.41. The topological polar surface area (TPSA) is 82.5 Å². The summed E-state index contributed by atoms with van der Waals surface area (Å²) in [5.41, 5.74) is 5.50. The number of hydrogen-bond acceptors (Lipinski definition) is 4. The average molecular weight is 426 g/mol. The molecule has 1 fully saturated rings. The van der Waals surface area contributed by atoms with Crippen LogP contribution in [0, 0.1) is 11.3 Å². The van der Waals surface area contributed by atoms with Crippen LogP contribution in [-0.2, 0) is 21.9 Å². The van der Waals surface area contributed by atoms with Gasteiger partial charge >= 0.3 is 6.18 Å². The Bertz CT molecular complexity index is 1110. The van der Waals surface area contributed by atoms with E-state index in [1.807, 2.05) is 24.3 Å². The number of nitriles is 1. The molecule has 2 N–H and O–H groups in total. The Labute approximate surface area is 178 Å². The molecule has 31 heavy (non-hydrogen) atoms. The van der Waals surface area contributed by atoms with Crippen LogP contribution in [0.4, 0.5) is 13.2 Å². The van der Waals surface area contributed by atoms with Gasteiger partial charge in [0.25, 0.3) is 0 Å². The van der Waals surface area contributed by atoms with E-state index in [9.17, 15) is 23.2 Å². The van der Waals surface area contributed by atoms with Gasteiger partial charge < -0.3 is 5.73 Å². The number of halogens is 3. The van der Waals surface area contributed by atoms with Gasteiger partial charge in [-0.25, -0.2) is 4.99 Å². The summed E-state index contributed by atoms with van der Waals surface area (Å²) in [7, 11) is 1.49. The molecule has 2 aliphatic rings. The van der Waals surface area contributed by atoms with Gasteiger partial charge in [0.15, 0.2) is 5.96 Å². The number of hydrogen-bond donors (Lipinski definition) is 1. The molecule has 0 bridgehead atoms. The summed E-state index contributed by atoms with van der Waals surface area (Å²) >= 11 is 0. The van der Waals surface area contributed by atoms with Crippen molar-refractivity contribution in [2.24, 2.45) is 10.7 Å². The largest absolute Gasteiger partial charge is 0.416 e. The Morgan fingerprint density at radius 1 is 1.16 bits per heavy atom. The number of rotatable bonds is 3. The molecule has 1 saturated carbocycles. The lowest BCUT2D eigenvalue weighted by Crippen LogP contribution is -2.52. The predicted molar refractivity (Wildman–Crippen MR) is 109 cm³/mol. The summed E-state index contributed by atoms with van der Waals surface area (Å²) in [6.45, 7) is 1.75. The highest BCUT2D eigenvalue weighted by Crippen LogP contribution is 2.50. The highest BCUT2D eigenvalue weighted by atomic mass is 19.4. The van der Waals surface area contributed by atoms with Gasteiger partial charge in [-0.3, -0.25) is 9.69 Å². The molecule has 160 valence electrons. The fourth-order valence-corrected chi connectivity index (χ4v) is 4.21. The quantitative estimate of drug-likeness (QED) is 0.804. The molecule has 1 heterocycles. The summed E-state index contributed by atoms with van der Waals surface area (Å²) in [5, 5.41) is 9.57. The minimum Gasteiger partial charge on any atom is -0.369 e. The van der Waals surface area contributed by atoms with Crippen LogP contribution in [0.5, 0.6) is 0 Å². The number of aliphatic imine (C=N–C) groups is 1. The molecular formula is C23H21F3N4O. The number of alkyl halides is 3. The first-order valence-corrected chi connectivity index (χ1v) is 9.84. The van der Waals surface area contributed by atoms with Crippen LogP contribution in [0.2, 0.25) is 0 Å². The molecule has 0 radical (unpaired) electrons. The van der Waals surface area contributed by atoms with E-state index in [0.29, 0.717) is 11.1 Å². The average Bonchev–Trinajstić information content (AvgIpc) is 3.53. The highest BCUT2D eigenvalue weighted by Gasteiger charge is 2.49. The number of likely N-dealkylation sites (N-methyl/N-ethyl adjacent to an activating group) is 1. The van der Waals surface area contributed by atoms with Crippen molar-refractivity contribution in [2.45, 2.75) is 42.8 Å². The third-order valence-corrected chi connectivity index (χ3v) is 6.37. The molecule has 0 unspecified atom stereocenters. The van der Waals surface area contributed by atoms with Gasteiger partial charge in [0.2, 0.25) is 5.91 Å². The van der Waals surface area contributed by atoms with Gasteiger partial charge in [-0.15, -0.1) is 0 Å². The second kappa shape index (κ2) is 6.84. The van der Waals surface area contributed by atoms with Crippen molar-refractivity contribution in [3.63, 3.8) is 0 Å². The maximum atomic E-state index is 13.2. The fourth-order valence-electron chi connectivity index (χ4n) is 4.21. The van der Waals surface area contributed by atoms with E-state index < -0.39 is 28.6 Å². The maximum absolute atomic E-state index is 13.2. The predicted octanol–water partition coefficient (Wildman–Crippen LogP) is 4.05. The standard InChI is InChI=1S/C23H21F3N4O/c1-21(16-4-3-5-17(12-16)22(13-27)10-11-22)18(19(31)30(2)20(28)29-21)14-6-8-15(9-7-14)23(24,25)26/h3-9,12,18H,10-11H2,1-2H3,(H2,28,29)/t18-,21-/m1/s1. The van der Waals surface area contributed by atoms with Crippen LogP contribution in [0.15, 0.2) is 53.5 Å². The summed E-state index contributed by atoms with van der Waals surface area (Å²) in [5.74, 6) is -1.20. The van der Waals surface area contributed by atoms with Crippen LogP contribution in [0.25, 0.3) is 0 Å². The highest BCUT2D eigenvalue weighted by molar-refractivity contribution is 6.02. The minimum atomic E-state index is -4.47. The zero-order chi connectivity index (χ0) is 22.6. The summed E-state index contributed by atoms with van der Waals surface area (Å²) < 4.78 is 39.1. The van der Waals surface area contributed by atoms with Crippen LogP contribution >= 0.6 is 0 Å². The smallest absolute Gasteiger partial charge is 0.369 e. The Kier molecular flexibility index (Phi) is 4.61. The lowest BCUT2D eigenvalue weighted by molar-refractivity contribution is -0.137. The molecular weight excluding hydrogens is 405 g/mol. The lowest BCUT2D eigenvalue weighted by atomic mass is 9.73. The molecule has 2 atom stereocenters. The van der Waals surface area contributed by atoms with Crippen molar-refractivity contribution >= 4 is 11.9 Å². The zero-order valence-electron chi connectivity index (χ0n) is 17.1.